The summed E-state index contributed by atoms with van der Waals surface area (Å²) in [6.07, 6.45) is 0. The van der Waals surface area contributed by atoms with Gasteiger partial charge in [-0.25, -0.2) is 0 Å². The molecule has 2 aromatic rings. The lowest BCUT2D eigenvalue weighted by Crippen LogP contribution is -2.36. The minimum absolute atomic E-state index is 0.0778. The Morgan fingerprint density at radius 3 is 2.48 bits per heavy atom. The van der Waals surface area contributed by atoms with Gasteiger partial charge < -0.3 is 20.5 Å². The first-order valence-electron chi connectivity index (χ1n) is 8.01. The lowest BCUT2D eigenvalue weighted by atomic mass is 10.1. The molecule has 2 amide bonds. The van der Waals surface area contributed by atoms with Gasteiger partial charge in [0.2, 0.25) is 0 Å². The van der Waals surface area contributed by atoms with Gasteiger partial charge in [-0.05, 0) is 43.2 Å². The first kappa shape index (κ1) is 18.3. The molecule has 0 radical (unpaired) electrons. The Labute approximate surface area is 146 Å². The summed E-state index contributed by atoms with van der Waals surface area (Å²) in [7, 11) is 0. The second-order valence-electron chi connectivity index (χ2n) is 5.61. The lowest BCUT2D eigenvalue weighted by molar-refractivity contribution is -0.123. The third-order valence-corrected chi connectivity index (χ3v) is 3.80. The maximum Gasteiger partial charge on any atom is 0.258 e. The highest BCUT2D eigenvalue weighted by Gasteiger charge is 2.10. The Balaban J connectivity index is 1.70. The van der Waals surface area contributed by atoms with E-state index in [1.807, 2.05) is 32.0 Å². The fraction of sp³-hybridized carbons (Fsp3) is 0.263. The summed E-state index contributed by atoms with van der Waals surface area (Å²) in [4.78, 5) is 23.7. The van der Waals surface area contributed by atoms with Crippen LogP contribution in [0.1, 0.15) is 21.5 Å². The highest BCUT2D eigenvalue weighted by atomic mass is 16.5. The Bertz CT molecular complexity index is 759. The van der Waals surface area contributed by atoms with Crippen LogP contribution in [0.3, 0.4) is 0 Å². The van der Waals surface area contributed by atoms with Gasteiger partial charge in [0.15, 0.2) is 6.61 Å². The molecule has 6 heteroatoms. The van der Waals surface area contributed by atoms with Crippen molar-refractivity contribution < 1.29 is 19.4 Å². The molecule has 0 bridgehead atoms. The van der Waals surface area contributed by atoms with Crippen molar-refractivity contribution in [1.82, 2.24) is 10.6 Å². The summed E-state index contributed by atoms with van der Waals surface area (Å²) >= 11 is 0. The van der Waals surface area contributed by atoms with Crippen LogP contribution in [0, 0.1) is 13.8 Å². The van der Waals surface area contributed by atoms with Crippen molar-refractivity contribution in [2.45, 2.75) is 13.8 Å². The number of aryl methyl sites for hydroxylation is 1. The van der Waals surface area contributed by atoms with Gasteiger partial charge in [-0.3, -0.25) is 9.59 Å². The van der Waals surface area contributed by atoms with Crippen LogP contribution in [0.15, 0.2) is 42.5 Å². The molecule has 0 saturated heterocycles. The van der Waals surface area contributed by atoms with Crippen molar-refractivity contribution in [2.24, 2.45) is 0 Å². The Hall–Kier alpha value is -3.02. The van der Waals surface area contributed by atoms with Gasteiger partial charge in [-0.15, -0.1) is 0 Å². The standard InChI is InChI=1S/C19H22N2O4/c1-13-6-5-9-17(14(13)2)25-12-18(23)20-10-11-21-19(24)15-7-3-4-8-16(15)22/h3-9,22H,10-12H2,1-2H3,(H,20,23)(H,21,24). The number of benzene rings is 2. The van der Waals surface area contributed by atoms with Gasteiger partial charge in [0, 0.05) is 13.1 Å². The van der Waals surface area contributed by atoms with Crippen LogP contribution in [-0.2, 0) is 4.79 Å². The molecule has 0 aliphatic carbocycles. The fourth-order valence-corrected chi connectivity index (χ4v) is 2.21. The Morgan fingerprint density at radius 2 is 1.72 bits per heavy atom. The van der Waals surface area contributed by atoms with E-state index in [0.717, 1.165) is 11.1 Å². The topological polar surface area (TPSA) is 87.7 Å². The zero-order valence-corrected chi connectivity index (χ0v) is 14.3. The molecule has 3 N–H and O–H groups in total. The molecule has 0 spiro atoms. The number of hydrogen-bond donors (Lipinski definition) is 3. The summed E-state index contributed by atoms with van der Waals surface area (Å²) in [5, 5.41) is 14.9. The summed E-state index contributed by atoms with van der Waals surface area (Å²) in [5.41, 5.74) is 2.31. The van der Waals surface area contributed by atoms with Gasteiger partial charge in [-0.2, -0.15) is 0 Å². The van der Waals surface area contributed by atoms with E-state index >= 15 is 0 Å². The minimum atomic E-state index is -0.390. The van der Waals surface area contributed by atoms with Crippen LogP contribution < -0.4 is 15.4 Å². The lowest BCUT2D eigenvalue weighted by Gasteiger charge is -2.11. The third-order valence-electron chi connectivity index (χ3n) is 3.80. The van der Waals surface area contributed by atoms with Gasteiger partial charge in [-0.1, -0.05) is 24.3 Å². The zero-order valence-electron chi connectivity index (χ0n) is 14.3. The molecule has 0 atom stereocenters. The van der Waals surface area contributed by atoms with Crippen molar-refractivity contribution in [1.29, 1.82) is 0 Å². The fourth-order valence-electron chi connectivity index (χ4n) is 2.21. The number of carbonyl (C=O) groups excluding carboxylic acids is 2. The van der Waals surface area contributed by atoms with E-state index in [0.29, 0.717) is 5.75 Å². The average molecular weight is 342 g/mol. The number of nitrogens with one attached hydrogen (secondary N) is 2. The molecule has 6 nitrogen and oxygen atoms in total. The third kappa shape index (κ3) is 5.24. The predicted molar refractivity (Wildman–Crippen MR) is 94.9 cm³/mol. The maximum atomic E-state index is 11.9. The molecule has 0 heterocycles. The zero-order chi connectivity index (χ0) is 18.2. The number of phenols is 1. The SMILES string of the molecule is Cc1cccc(OCC(=O)NCCNC(=O)c2ccccc2O)c1C. The van der Waals surface area contributed by atoms with E-state index in [4.69, 9.17) is 4.74 Å². The number of rotatable bonds is 7. The van der Waals surface area contributed by atoms with Crippen LogP contribution >= 0.6 is 0 Å². The molecule has 0 aliphatic heterocycles. The summed E-state index contributed by atoms with van der Waals surface area (Å²) in [6, 6.07) is 12.0. The van der Waals surface area contributed by atoms with E-state index in [2.05, 4.69) is 10.6 Å². The van der Waals surface area contributed by atoms with E-state index in [-0.39, 0.29) is 42.8 Å². The number of ether oxygens (including phenoxy) is 1. The maximum absolute atomic E-state index is 11.9. The molecule has 0 unspecified atom stereocenters. The number of amides is 2. The van der Waals surface area contributed by atoms with E-state index < -0.39 is 0 Å². The molecule has 0 fully saturated rings. The molecule has 0 aliphatic rings. The molecular weight excluding hydrogens is 320 g/mol. The summed E-state index contributed by atoms with van der Waals surface area (Å²) in [6.45, 7) is 4.36. The first-order chi connectivity index (χ1) is 12.0. The van der Waals surface area contributed by atoms with Crippen LogP contribution in [-0.4, -0.2) is 36.6 Å². The van der Waals surface area contributed by atoms with Gasteiger partial charge >= 0.3 is 0 Å². The van der Waals surface area contributed by atoms with Crippen molar-refractivity contribution in [2.75, 3.05) is 19.7 Å². The van der Waals surface area contributed by atoms with Crippen LogP contribution in [0.4, 0.5) is 0 Å². The van der Waals surface area contributed by atoms with Crippen LogP contribution in [0.5, 0.6) is 11.5 Å². The first-order valence-corrected chi connectivity index (χ1v) is 8.01. The number of phenolic OH excluding ortho intramolecular Hbond substituents is 1. The number of hydrogen-bond acceptors (Lipinski definition) is 4. The Morgan fingerprint density at radius 1 is 1.00 bits per heavy atom. The molecule has 0 aromatic heterocycles. The number of aromatic hydroxyl groups is 1. The second-order valence-corrected chi connectivity index (χ2v) is 5.61. The normalized spacial score (nSPS) is 10.2. The molecule has 25 heavy (non-hydrogen) atoms. The van der Waals surface area contributed by atoms with Crippen molar-refractivity contribution in [3.05, 3.63) is 59.2 Å². The number of para-hydroxylation sites is 1. The largest absolute Gasteiger partial charge is 0.507 e. The molecule has 0 saturated carbocycles. The Kier molecular flexibility index (Phi) is 6.39. The van der Waals surface area contributed by atoms with E-state index in [9.17, 15) is 14.7 Å². The molecule has 132 valence electrons. The smallest absolute Gasteiger partial charge is 0.258 e. The molecular formula is C19H22N2O4. The van der Waals surface area contributed by atoms with E-state index in [1.54, 1.807) is 12.1 Å². The monoisotopic (exact) mass is 342 g/mol. The van der Waals surface area contributed by atoms with Crippen LogP contribution in [0.2, 0.25) is 0 Å². The van der Waals surface area contributed by atoms with Crippen LogP contribution in [0.25, 0.3) is 0 Å². The van der Waals surface area contributed by atoms with Crippen molar-refractivity contribution in [3.8, 4) is 11.5 Å². The molecule has 2 aromatic carbocycles. The highest BCUT2D eigenvalue weighted by molar-refractivity contribution is 5.96. The van der Waals surface area contributed by atoms with Crippen molar-refractivity contribution >= 4 is 11.8 Å². The van der Waals surface area contributed by atoms with Crippen molar-refractivity contribution in [3.63, 3.8) is 0 Å². The summed E-state index contributed by atoms with van der Waals surface area (Å²) in [5.74, 6) is -0.0503. The minimum Gasteiger partial charge on any atom is -0.507 e. The predicted octanol–water partition coefficient (Wildman–Crippen LogP) is 1.93. The van der Waals surface area contributed by atoms with Gasteiger partial charge in [0.25, 0.3) is 11.8 Å². The van der Waals surface area contributed by atoms with E-state index in [1.165, 1.54) is 12.1 Å². The quantitative estimate of drug-likeness (QED) is 0.671. The summed E-state index contributed by atoms with van der Waals surface area (Å²) < 4.78 is 5.51. The average Bonchev–Trinajstić information content (AvgIpc) is 2.60. The number of carbonyl (C=O) groups is 2. The molecule has 2 rings (SSSR count). The highest BCUT2D eigenvalue weighted by Crippen LogP contribution is 2.20. The second kappa shape index (κ2) is 8.73. The van der Waals surface area contributed by atoms with Gasteiger partial charge in [0.05, 0.1) is 5.56 Å². The van der Waals surface area contributed by atoms with Gasteiger partial charge in [0.1, 0.15) is 11.5 Å².